The Morgan fingerprint density at radius 3 is 2.50 bits per heavy atom. The van der Waals surface area contributed by atoms with Gasteiger partial charge in [-0.25, -0.2) is 4.79 Å². The number of nitrogens with zero attached hydrogens (tertiary/aromatic N) is 1. The molecule has 1 aromatic rings. The van der Waals surface area contributed by atoms with E-state index in [1.54, 1.807) is 6.08 Å². The summed E-state index contributed by atoms with van der Waals surface area (Å²) in [5, 5.41) is 8.68. The second-order valence-electron chi connectivity index (χ2n) is 4.54. The van der Waals surface area contributed by atoms with Gasteiger partial charge in [0.15, 0.2) is 0 Å². The van der Waals surface area contributed by atoms with E-state index >= 15 is 0 Å². The Morgan fingerprint density at radius 1 is 1.28 bits per heavy atom. The quantitative estimate of drug-likeness (QED) is 0.640. The highest BCUT2D eigenvalue weighted by molar-refractivity contribution is 5.40. The highest BCUT2D eigenvalue weighted by atomic mass is 16.5. The van der Waals surface area contributed by atoms with E-state index < -0.39 is 0 Å². The van der Waals surface area contributed by atoms with Gasteiger partial charge in [0.25, 0.3) is 0 Å². The van der Waals surface area contributed by atoms with Gasteiger partial charge in [-0.1, -0.05) is 25.0 Å². The van der Waals surface area contributed by atoms with Crippen LogP contribution in [0.25, 0.3) is 0 Å². The molecule has 4 heteroatoms. The number of aliphatic imine (C=N–C) groups is 1. The molecule has 1 aliphatic rings. The maximum atomic E-state index is 10.6. The van der Waals surface area contributed by atoms with Crippen molar-refractivity contribution in [2.24, 2.45) is 4.99 Å². The van der Waals surface area contributed by atoms with E-state index in [1.165, 1.54) is 0 Å². The van der Waals surface area contributed by atoms with E-state index in [0.29, 0.717) is 0 Å². The van der Waals surface area contributed by atoms with Crippen LogP contribution in [0, 0.1) is 0 Å². The molecule has 1 saturated carbocycles. The molecular weight excluding hydrogens is 230 g/mol. The number of carbonyl (C=O) groups excluding carboxylic acids is 1. The van der Waals surface area contributed by atoms with Gasteiger partial charge in [0.1, 0.15) is 12.4 Å². The van der Waals surface area contributed by atoms with Crippen molar-refractivity contribution in [2.75, 3.05) is 13.2 Å². The van der Waals surface area contributed by atoms with Gasteiger partial charge in [0, 0.05) is 0 Å². The van der Waals surface area contributed by atoms with Crippen LogP contribution in [0.5, 0.6) is 5.75 Å². The van der Waals surface area contributed by atoms with E-state index in [9.17, 15) is 4.79 Å². The van der Waals surface area contributed by atoms with Crippen LogP contribution < -0.4 is 4.74 Å². The van der Waals surface area contributed by atoms with Gasteiger partial charge in [-0.3, -0.25) is 0 Å². The first-order chi connectivity index (χ1) is 8.80. The van der Waals surface area contributed by atoms with Crippen molar-refractivity contribution in [2.45, 2.75) is 31.2 Å². The second-order valence-corrected chi connectivity index (χ2v) is 4.54. The van der Waals surface area contributed by atoms with Gasteiger partial charge in [0.2, 0.25) is 6.08 Å². The summed E-state index contributed by atoms with van der Waals surface area (Å²) >= 11 is 0. The van der Waals surface area contributed by atoms with Crippen molar-refractivity contribution >= 4 is 6.08 Å². The molecule has 1 fully saturated rings. The summed E-state index contributed by atoms with van der Waals surface area (Å²) < 4.78 is 5.31. The van der Waals surface area contributed by atoms with Crippen molar-refractivity contribution in [3.8, 4) is 5.75 Å². The van der Waals surface area contributed by atoms with Crippen LogP contribution in [0.3, 0.4) is 0 Å². The van der Waals surface area contributed by atoms with Gasteiger partial charge < -0.3 is 9.84 Å². The van der Waals surface area contributed by atoms with Crippen LogP contribution in [-0.2, 0) is 10.3 Å². The molecular formula is C14H17NO3. The van der Waals surface area contributed by atoms with E-state index in [4.69, 9.17) is 9.84 Å². The third-order valence-electron chi connectivity index (χ3n) is 3.44. The van der Waals surface area contributed by atoms with E-state index in [-0.39, 0.29) is 18.8 Å². The summed E-state index contributed by atoms with van der Waals surface area (Å²) in [5.74, 6) is 0.719. The zero-order valence-corrected chi connectivity index (χ0v) is 10.3. The number of aliphatic hydroxyl groups excluding tert-OH is 1. The Labute approximate surface area is 106 Å². The highest BCUT2D eigenvalue weighted by Gasteiger charge is 2.35. The number of isocyanates is 1. The van der Waals surface area contributed by atoms with E-state index in [1.807, 2.05) is 24.3 Å². The van der Waals surface area contributed by atoms with E-state index in [0.717, 1.165) is 37.0 Å². The topological polar surface area (TPSA) is 58.9 Å². The van der Waals surface area contributed by atoms with Crippen LogP contribution in [0.15, 0.2) is 29.3 Å². The molecule has 0 amide bonds. The second kappa shape index (κ2) is 5.80. The first-order valence-corrected chi connectivity index (χ1v) is 6.24. The molecule has 0 heterocycles. The maximum absolute atomic E-state index is 10.6. The Kier molecular flexibility index (Phi) is 4.13. The predicted molar refractivity (Wildman–Crippen MR) is 67.3 cm³/mol. The van der Waals surface area contributed by atoms with E-state index in [2.05, 4.69) is 4.99 Å². The van der Waals surface area contributed by atoms with Crippen LogP contribution in [-0.4, -0.2) is 24.4 Å². The minimum Gasteiger partial charge on any atom is -0.491 e. The molecule has 0 aromatic heterocycles. The highest BCUT2D eigenvalue weighted by Crippen LogP contribution is 2.42. The minimum atomic E-state index is -0.378. The fourth-order valence-electron chi connectivity index (χ4n) is 2.54. The lowest BCUT2D eigenvalue weighted by atomic mass is 9.89. The van der Waals surface area contributed by atoms with Crippen LogP contribution in [0.1, 0.15) is 31.2 Å². The largest absolute Gasteiger partial charge is 0.491 e. The van der Waals surface area contributed by atoms with Crippen molar-refractivity contribution in [1.82, 2.24) is 0 Å². The number of hydrogen-bond acceptors (Lipinski definition) is 4. The molecule has 1 N–H and O–H groups in total. The van der Waals surface area contributed by atoms with Crippen molar-refractivity contribution in [1.29, 1.82) is 0 Å². The molecule has 18 heavy (non-hydrogen) atoms. The molecule has 0 spiro atoms. The number of rotatable bonds is 5. The van der Waals surface area contributed by atoms with Gasteiger partial charge in [0.05, 0.1) is 12.1 Å². The number of ether oxygens (including phenoxy) is 1. The molecule has 0 unspecified atom stereocenters. The Balaban J connectivity index is 2.19. The molecule has 0 bridgehead atoms. The zero-order valence-electron chi connectivity index (χ0n) is 10.3. The first-order valence-electron chi connectivity index (χ1n) is 6.24. The first kappa shape index (κ1) is 12.8. The number of benzene rings is 1. The van der Waals surface area contributed by atoms with Gasteiger partial charge >= 0.3 is 0 Å². The SMILES string of the molecule is O=C=NC1(c2ccc(OCCO)cc2)CCCC1. The number of aliphatic hydroxyl groups is 1. The standard InChI is InChI=1S/C14H17NO3/c16-9-10-18-13-5-3-12(4-6-13)14(15-11-17)7-1-2-8-14/h3-6,16H,1-2,7-10H2. The predicted octanol–water partition coefficient (Wildman–Crippen LogP) is 2.16. The van der Waals surface area contributed by atoms with Crippen molar-refractivity contribution in [3.05, 3.63) is 29.8 Å². The van der Waals surface area contributed by atoms with Crippen molar-refractivity contribution < 1.29 is 14.6 Å². The summed E-state index contributed by atoms with van der Waals surface area (Å²) in [6.45, 7) is 0.290. The van der Waals surface area contributed by atoms with Crippen LogP contribution >= 0.6 is 0 Å². The smallest absolute Gasteiger partial charge is 0.235 e. The molecule has 0 radical (unpaired) electrons. The summed E-state index contributed by atoms with van der Waals surface area (Å²) in [4.78, 5) is 14.6. The Bertz CT molecular complexity index is 429. The molecule has 0 aliphatic heterocycles. The Morgan fingerprint density at radius 2 is 1.94 bits per heavy atom. The lowest BCUT2D eigenvalue weighted by Crippen LogP contribution is -2.18. The molecule has 1 aromatic carbocycles. The maximum Gasteiger partial charge on any atom is 0.235 e. The summed E-state index contributed by atoms with van der Waals surface area (Å²) in [6, 6.07) is 7.59. The van der Waals surface area contributed by atoms with Gasteiger partial charge in [-0.2, -0.15) is 4.99 Å². The lowest BCUT2D eigenvalue weighted by Gasteiger charge is -2.22. The third kappa shape index (κ3) is 2.61. The molecule has 4 nitrogen and oxygen atoms in total. The molecule has 1 aliphatic carbocycles. The molecule has 96 valence electrons. The average molecular weight is 247 g/mol. The fraction of sp³-hybridized carbons (Fsp3) is 0.500. The molecule has 2 rings (SSSR count). The van der Waals surface area contributed by atoms with Crippen molar-refractivity contribution in [3.63, 3.8) is 0 Å². The van der Waals surface area contributed by atoms with Crippen LogP contribution in [0.4, 0.5) is 0 Å². The third-order valence-corrected chi connectivity index (χ3v) is 3.44. The average Bonchev–Trinajstić information content (AvgIpc) is 2.87. The monoisotopic (exact) mass is 247 g/mol. The van der Waals surface area contributed by atoms with Gasteiger partial charge in [-0.05, 0) is 30.5 Å². The minimum absolute atomic E-state index is 0.00112. The number of hydrogen-bond donors (Lipinski definition) is 1. The summed E-state index contributed by atoms with van der Waals surface area (Å²) in [7, 11) is 0. The normalized spacial score (nSPS) is 17.2. The Hall–Kier alpha value is -1.64. The summed E-state index contributed by atoms with van der Waals surface area (Å²) in [6.07, 6.45) is 5.69. The van der Waals surface area contributed by atoms with Crippen LogP contribution in [0.2, 0.25) is 0 Å². The molecule has 0 saturated heterocycles. The zero-order chi connectivity index (χ0) is 12.8. The fourth-order valence-corrected chi connectivity index (χ4v) is 2.54. The lowest BCUT2D eigenvalue weighted by molar-refractivity contribution is 0.201. The van der Waals surface area contributed by atoms with Gasteiger partial charge in [-0.15, -0.1) is 0 Å². The molecule has 0 atom stereocenters. The summed E-state index contributed by atoms with van der Waals surface area (Å²) in [5.41, 5.74) is 0.664.